The summed E-state index contributed by atoms with van der Waals surface area (Å²) in [4.78, 5) is 42.1. The minimum atomic E-state index is -4.57. The number of hydrogen-bond acceptors (Lipinski definition) is 9. The van der Waals surface area contributed by atoms with Crippen LogP contribution < -0.4 is 0 Å². The Kier molecular flexibility index (Phi) is 9.58. The van der Waals surface area contributed by atoms with Crippen molar-refractivity contribution in [2.24, 2.45) is 0 Å². The van der Waals surface area contributed by atoms with Gasteiger partial charge in [0.1, 0.15) is 23.3 Å². The zero-order chi connectivity index (χ0) is 43.4. The van der Waals surface area contributed by atoms with E-state index < -0.39 is 11.7 Å². The van der Waals surface area contributed by atoms with E-state index in [2.05, 4.69) is 46.6 Å². The van der Waals surface area contributed by atoms with Gasteiger partial charge in [-0.15, -0.1) is 0 Å². The summed E-state index contributed by atoms with van der Waals surface area (Å²) < 4.78 is 45.2. The van der Waals surface area contributed by atoms with Crippen LogP contribution in [0.3, 0.4) is 0 Å². The van der Waals surface area contributed by atoms with E-state index in [9.17, 15) is 13.2 Å². The van der Waals surface area contributed by atoms with E-state index in [1.165, 1.54) is 12.1 Å². The van der Waals surface area contributed by atoms with Crippen molar-refractivity contribution in [3.63, 3.8) is 0 Å². The maximum Gasteiger partial charge on any atom is 0.416 e. The summed E-state index contributed by atoms with van der Waals surface area (Å²) in [6.45, 7) is 7.34. The number of halogens is 3. The third kappa shape index (κ3) is 7.54. The van der Waals surface area contributed by atoms with Crippen LogP contribution >= 0.6 is 0 Å². The van der Waals surface area contributed by atoms with Gasteiger partial charge in [0, 0.05) is 44.3 Å². The predicted octanol–water partition coefficient (Wildman–Crippen LogP) is 11.6. The number of fused-ring (bicyclic) bond motifs is 3. The number of rotatable bonds is 7. The Morgan fingerprint density at radius 2 is 0.825 bits per heavy atom. The van der Waals surface area contributed by atoms with E-state index >= 15 is 0 Å². The molecule has 0 radical (unpaired) electrons. The standard InChI is InChI=1S/C50H35F3N10/c1-28-54-29(2)57-47(56-28)35-18-22-43-41(25-35)42-26-36(48-58-30(3)55-31(4)59-48)19-23-44(42)63(43)38-20-21-39(40(27-38)34-16-11-17-37(24-34)50(51,52)53)49-61-45(32-12-7-5-8-13-32)60-46(62-49)33-14-9-6-10-15-33/h5-27H,1-4H3. The Morgan fingerprint density at radius 3 is 1.32 bits per heavy atom. The molecule has 0 saturated heterocycles. The number of aryl methyl sites for hydroxylation is 4. The molecule has 63 heavy (non-hydrogen) atoms. The second-order valence-electron chi connectivity index (χ2n) is 15.2. The van der Waals surface area contributed by atoms with Gasteiger partial charge in [0.05, 0.1) is 16.6 Å². The first-order valence-electron chi connectivity index (χ1n) is 20.1. The topological polar surface area (TPSA) is 121 Å². The molecule has 0 spiro atoms. The SMILES string of the molecule is Cc1nc(C)nc(-c2ccc3c(c2)c2cc(-c4nc(C)nc(C)n4)ccc2n3-c2ccc(-c3nc(-c4ccccc4)nc(-c4ccccc4)n3)c(-c3cccc(C(F)(F)F)c3)c2)n1. The molecule has 10 aromatic rings. The van der Waals surface area contributed by atoms with Crippen LogP contribution in [0.5, 0.6) is 0 Å². The fourth-order valence-electron chi connectivity index (χ4n) is 7.97. The van der Waals surface area contributed by atoms with Crippen LogP contribution in [0.15, 0.2) is 140 Å². The van der Waals surface area contributed by atoms with Gasteiger partial charge in [0.15, 0.2) is 29.1 Å². The number of benzene rings is 6. The molecule has 0 atom stereocenters. The normalized spacial score (nSPS) is 11.7. The summed E-state index contributed by atoms with van der Waals surface area (Å²) in [5.41, 5.74) is 6.12. The van der Waals surface area contributed by atoms with Crippen molar-refractivity contribution < 1.29 is 13.2 Å². The summed E-state index contributed by atoms with van der Waals surface area (Å²) in [5.74, 6) is 4.68. The monoisotopic (exact) mass is 832 g/mol. The van der Waals surface area contributed by atoms with Gasteiger partial charge in [-0.1, -0.05) is 72.8 Å². The van der Waals surface area contributed by atoms with Crippen molar-refractivity contribution in [2.75, 3.05) is 0 Å². The molecule has 0 aliphatic carbocycles. The molecular weight excluding hydrogens is 798 g/mol. The highest BCUT2D eigenvalue weighted by Gasteiger charge is 2.31. The van der Waals surface area contributed by atoms with Crippen molar-refractivity contribution in [1.29, 1.82) is 0 Å². The minimum absolute atomic E-state index is 0.309. The summed E-state index contributed by atoms with van der Waals surface area (Å²) in [7, 11) is 0. The number of aromatic nitrogens is 10. The highest BCUT2D eigenvalue weighted by Crippen LogP contribution is 2.41. The van der Waals surface area contributed by atoms with Crippen LogP contribution in [0, 0.1) is 27.7 Å². The van der Waals surface area contributed by atoms with E-state index in [4.69, 9.17) is 15.0 Å². The fourth-order valence-corrected chi connectivity index (χ4v) is 7.97. The van der Waals surface area contributed by atoms with Gasteiger partial charge in [-0.3, -0.25) is 0 Å². The molecule has 306 valence electrons. The second-order valence-corrected chi connectivity index (χ2v) is 15.2. The van der Waals surface area contributed by atoms with E-state index in [1.54, 1.807) is 6.07 Å². The third-order valence-corrected chi connectivity index (χ3v) is 10.7. The van der Waals surface area contributed by atoms with E-state index in [0.717, 1.165) is 50.1 Å². The average Bonchev–Trinajstić information content (AvgIpc) is 3.61. The summed E-state index contributed by atoms with van der Waals surface area (Å²) in [5, 5.41) is 1.79. The maximum absolute atomic E-state index is 14.4. The zero-order valence-corrected chi connectivity index (χ0v) is 34.4. The van der Waals surface area contributed by atoms with Gasteiger partial charge < -0.3 is 4.57 Å². The quantitative estimate of drug-likeness (QED) is 0.154. The molecule has 10 rings (SSSR count). The lowest BCUT2D eigenvalue weighted by atomic mass is 9.96. The molecule has 0 unspecified atom stereocenters. The molecule has 0 N–H and O–H groups in total. The van der Waals surface area contributed by atoms with Crippen molar-refractivity contribution in [3.05, 3.63) is 168 Å². The lowest BCUT2D eigenvalue weighted by molar-refractivity contribution is -0.137. The maximum atomic E-state index is 14.4. The molecule has 13 heteroatoms. The molecule has 10 nitrogen and oxygen atoms in total. The van der Waals surface area contributed by atoms with Crippen molar-refractivity contribution in [3.8, 4) is 73.8 Å². The lowest BCUT2D eigenvalue weighted by Crippen LogP contribution is -2.05. The van der Waals surface area contributed by atoms with E-state index in [-0.39, 0.29) is 0 Å². The van der Waals surface area contributed by atoms with Crippen LogP contribution in [-0.4, -0.2) is 49.4 Å². The first-order valence-corrected chi connectivity index (χ1v) is 20.1. The Bertz CT molecular complexity index is 3180. The first-order chi connectivity index (χ1) is 30.4. The van der Waals surface area contributed by atoms with Crippen molar-refractivity contribution >= 4 is 21.8 Å². The van der Waals surface area contributed by atoms with Crippen LogP contribution in [0.25, 0.3) is 95.6 Å². The van der Waals surface area contributed by atoms with Crippen molar-refractivity contribution in [2.45, 2.75) is 33.9 Å². The van der Waals surface area contributed by atoms with Gasteiger partial charge in [-0.05, 0) is 106 Å². The van der Waals surface area contributed by atoms with Gasteiger partial charge in [0.25, 0.3) is 0 Å². The van der Waals surface area contributed by atoms with E-state index in [0.29, 0.717) is 74.8 Å². The Morgan fingerprint density at radius 1 is 0.365 bits per heavy atom. The molecule has 4 heterocycles. The molecule has 0 saturated carbocycles. The summed E-state index contributed by atoms with van der Waals surface area (Å²) in [6.07, 6.45) is -4.57. The molecule has 0 amide bonds. The summed E-state index contributed by atoms with van der Waals surface area (Å²) in [6, 6.07) is 42.2. The predicted molar refractivity (Wildman–Crippen MR) is 238 cm³/mol. The zero-order valence-electron chi connectivity index (χ0n) is 34.4. The highest BCUT2D eigenvalue weighted by molar-refractivity contribution is 6.11. The van der Waals surface area contributed by atoms with Gasteiger partial charge in [0.2, 0.25) is 0 Å². The molecule has 4 aromatic heterocycles. The van der Waals surface area contributed by atoms with Gasteiger partial charge in [-0.25, -0.2) is 44.9 Å². The van der Waals surface area contributed by atoms with Crippen LogP contribution in [-0.2, 0) is 6.18 Å². The molecule has 6 aromatic carbocycles. The fraction of sp³-hybridized carbons (Fsp3) is 0.100. The molecule has 0 bridgehead atoms. The van der Waals surface area contributed by atoms with Gasteiger partial charge in [-0.2, -0.15) is 13.2 Å². The summed E-state index contributed by atoms with van der Waals surface area (Å²) >= 11 is 0. The molecule has 0 aliphatic rings. The smallest absolute Gasteiger partial charge is 0.309 e. The highest BCUT2D eigenvalue weighted by atomic mass is 19.4. The van der Waals surface area contributed by atoms with Gasteiger partial charge >= 0.3 is 6.18 Å². The van der Waals surface area contributed by atoms with Crippen LogP contribution in [0.1, 0.15) is 28.9 Å². The third-order valence-electron chi connectivity index (χ3n) is 10.7. The Hall–Kier alpha value is -8.06. The first kappa shape index (κ1) is 39.1. The molecular formula is C50H35F3N10. The Balaban J connectivity index is 1.24. The minimum Gasteiger partial charge on any atom is -0.309 e. The Labute approximate surface area is 359 Å². The second kappa shape index (κ2) is 15.4. The average molecular weight is 833 g/mol. The number of alkyl halides is 3. The van der Waals surface area contributed by atoms with E-state index in [1.807, 2.05) is 131 Å². The molecule has 0 fully saturated rings. The van der Waals surface area contributed by atoms with Crippen molar-refractivity contribution in [1.82, 2.24) is 49.4 Å². The van der Waals surface area contributed by atoms with Crippen LogP contribution in [0.2, 0.25) is 0 Å². The number of hydrogen-bond donors (Lipinski definition) is 0. The number of nitrogens with zero attached hydrogens (tertiary/aromatic N) is 10. The molecule has 0 aliphatic heterocycles. The van der Waals surface area contributed by atoms with Crippen LogP contribution in [0.4, 0.5) is 13.2 Å². The largest absolute Gasteiger partial charge is 0.416 e. The lowest BCUT2D eigenvalue weighted by Gasteiger charge is -2.16.